The van der Waals surface area contributed by atoms with E-state index in [2.05, 4.69) is 12.1 Å². The molecule has 3 aromatic rings. The van der Waals surface area contributed by atoms with Crippen LogP contribution in [0.25, 0.3) is 10.9 Å². The number of carbonyl (C=O) groups is 1. The van der Waals surface area contributed by atoms with E-state index in [0.717, 1.165) is 16.5 Å². The smallest absolute Gasteiger partial charge is 0.410 e. The van der Waals surface area contributed by atoms with Crippen LogP contribution in [0.4, 0.5) is 4.79 Å². The van der Waals surface area contributed by atoms with Crippen molar-refractivity contribution in [1.29, 1.82) is 0 Å². The van der Waals surface area contributed by atoms with E-state index in [4.69, 9.17) is 4.74 Å². The Morgan fingerprint density at radius 3 is 2.24 bits per heavy atom. The summed E-state index contributed by atoms with van der Waals surface area (Å²) in [6, 6.07) is 17.8. The molecule has 1 aromatic heterocycles. The number of rotatable bonds is 6. The van der Waals surface area contributed by atoms with Crippen molar-refractivity contribution in [1.82, 2.24) is 8.87 Å². The van der Waals surface area contributed by atoms with E-state index in [1.165, 1.54) is 10.2 Å². The number of fused-ring (bicyclic) bond motifs is 1. The molecule has 2 aromatic carbocycles. The Bertz CT molecular complexity index is 1160. The van der Waals surface area contributed by atoms with Crippen molar-refractivity contribution in [3.63, 3.8) is 0 Å². The minimum Gasteiger partial charge on any atom is -0.444 e. The first kappa shape index (κ1) is 26.5. The molecular formula is C26H36N2O4S. The lowest BCUT2D eigenvalue weighted by atomic mass is 9.88. The van der Waals surface area contributed by atoms with Crippen molar-refractivity contribution < 1.29 is 17.9 Å². The van der Waals surface area contributed by atoms with E-state index in [9.17, 15) is 13.2 Å². The van der Waals surface area contributed by atoms with Gasteiger partial charge in [-0.25, -0.2) is 17.2 Å². The molecule has 0 bridgehead atoms. The molecule has 33 heavy (non-hydrogen) atoms. The normalized spacial score (nSPS) is 12.6. The number of ether oxygens (including phenoxy) is 1. The molecule has 0 N–H and O–H groups in total. The minimum atomic E-state index is -3.36. The summed E-state index contributed by atoms with van der Waals surface area (Å²) in [5.41, 5.74) is 2.33. The average molecular weight is 473 g/mol. The van der Waals surface area contributed by atoms with Crippen molar-refractivity contribution in [3.05, 3.63) is 71.9 Å². The van der Waals surface area contributed by atoms with Gasteiger partial charge in [0.2, 0.25) is 10.0 Å². The van der Waals surface area contributed by atoms with Crippen molar-refractivity contribution in [2.75, 3.05) is 19.8 Å². The Hall–Kier alpha value is -2.80. The first-order valence-electron chi connectivity index (χ1n) is 11.3. The molecule has 0 fully saturated rings. The topological polar surface area (TPSA) is 68.6 Å². The summed E-state index contributed by atoms with van der Waals surface area (Å²) in [6.45, 7) is 10.1. The third-order valence-corrected chi connectivity index (χ3v) is 6.13. The second-order valence-corrected chi connectivity index (χ2v) is 10.7. The molecule has 6 nitrogen and oxygen atoms in total. The average Bonchev–Trinajstić information content (AvgIpc) is 3.19. The van der Waals surface area contributed by atoms with Gasteiger partial charge in [0.1, 0.15) is 5.60 Å². The largest absolute Gasteiger partial charge is 0.444 e. The van der Waals surface area contributed by atoms with Gasteiger partial charge >= 0.3 is 6.09 Å². The van der Waals surface area contributed by atoms with Crippen molar-refractivity contribution in [3.8, 4) is 0 Å². The maximum Gasteiger partial charge on any atom is 0.410 e. The van der Waals surface area contributed by atoms with Gasteiger partial charge in [0.15, 0.2) is 0 Å². The Balaban J connectivity index is 0.00000187. The zero-order valence-electron chi connectivity index (χ0n) is 20.7. The van der Waals surface area contributed by atoms with Crippen molar-refractivity contribution >= 4 is 27.0 Å². The highest BCUT2D eigenvalue weighted by Crippen LogP contribution is 2.31. The SMILES string of the molecule is CC.CN(CCC(c1ccccc1)c1ccc2c(ccn2S(C)(=O)=O)c1)C(=O)OC(C)(C)C. The van der Waals surface area contributed by atoms with Crippen LogP contribution in [0.15, 0.2) is 60.8 Å². The van der Waals surface area contributed by atoms with Gasteiger partial charge < -0.3 is 9.64 Å². The van der Waals surface area contributed by atoms with Crippen LogP contribution in [0.3, 0.4) is 0 Å². The van der Waals surface area contributed by atoms with Crippen LogP contribution in [-0.2, 0) is 14.8 Å². The van der Waals surface area contributed by atoms with E-state index in [0.29, 0.717) is 18.5 Å². The number of nitrogens with zero attached hydrogens (tertiary/aromatic N) is 2. The summed E-state index contributed by atoms with van der Waals surface area (Å²) in [5.74, 6) is 0.0528. The highest BCUT2D eigenvalue weighted by atomic mass is 32.2. The van der Waals surface area contributed by atoms with Crippen LogP contribution in [0.5, 0.6) is 0 Å². The molecule has 0 saturated heterocycles. The molecule has 1 amide bonds. The number of benzene rings is 2. The fraction of sp³-hybridized carbons (Fsp3) is 0.423. The van der Waals surface area contributed by atoms with Crippen LogP contribution >= 0.6 is 0 Å². The van der Waals surface area contributed by atoms with Crippen molar-refractivity contribution in [2.45, 2.75) is 52.6 Å². The maximum absolute atomic E-state index is 12.4. The Morgan fingerprint density at radius 1 is 1.03 bits per heavy atom. The Labute approximate surface area is 198 Å². The molecule has 1 heterocycles. The van der Waals surface area contributed by atoms with Gasteiger partial charge in [-0.2, -0.15) is 0 Å². The Kier molecular flexibility index (Phi) is 8.72. The molecule has 0 aliphatic rings. The van der Waals surface area contributed by atoms with Crippen molar-refractivity contribution in [2.24, 2.45) is 0 Å². The van der Waals surface area contributed by atoms with E-state index >= 15 is 0 Å². The quantitative estimate of drug-likeness (QED) is 0.450. The van der Waals surface area contributed by atoms with Crippen LogP contribution < -0.4 is 0 Å². The lowest BCUT2D eigenvalue weighted by Crippen LogP contribution is -2.35. The van der Waals surface area contributed by atoms with Gasteiger partial charge in [-0.3, -0.25) is 0 Å². The summed E-state index contributed by atoms with van der Waals surface area (Å²) in [6.07, 6.45) is 3.13. The summed E-state index contributed by atoms with van der Waals surface area (Å²) in [5, 5.41) is 0.865. The van der Waals surface area contributed by atoms with Gasteiger partial charge in [0, 0.05) is 31.1 Å². The molecule has 0 spiro atoms. The second-order valence-electron chi connectivity index (χ2n) is 8.85. The second kappa shape index (κ2) is 10.9. The molecule has 0 aliphatic heterocycles. The zero-order valence-corrected chi connectivity index (χ0v) is 21.5. The van der Waals surface area contributed by atoms with E-state index in [-0.39, 0.29) is 12.0 Å². The van der Waals surface area contributed by atoms with Crippen LogP contribution in [-0.4, -0.2) is 48.8 Å². The van der Waals surface area contributed by atoms with Gasteiger partial charge in [0.05, 0.1) is 11.8 Å². The molecule has 1 atom stereocenters. The van der Waals surface area contributed by atoms with Gasteiger partial charge in [-0.15, -0.1) is 0 Å². The third-order valence-electron chi connectivity index (χ3n) is 5.10. The van der Waals surface area contributed by atoms with Crippen LogP contribution in [0.1, 0.15) is 58.1 Å². The Morgan fingerprint density at radius 2 is 1.67 bits per heavy atom. The molecule has 0 saturated carbocycles. The minimum absolute atomic E-state index is 0.0528. The number of amides is 1. The predicted octanol–water partition coefficient (Wildman–Crippen LogP) is 5.86. The lowest BCUT2D eigenvalue weighted by molar-refractivity contribution is 0.0295. The van der Waals surface area contributed by atoms with Gasteiger partial charge in [-0.05, 0) is 56.5 Å². The first-order chi connectivity index (χ1) is 15.5. The highest BCUT2D eigenvalue weighted by molar-refractivity contribution is 7.89. The number of aromatic nitrogens is 1. The first-order valence-corrected chi connectivity index (χ1v) is 13.1. The highest BCUT2D eigenvalue weighted by Gasteiger charge is 2.22. The monoisotopic (exact) mass is 472 g/mol. The number of hydrogen-bond acceptors (Lipinski definition) is 4. The maximum atomic E-state index is 12.4. The summed E-state index contributed by atoms with van der Waals surface area (Å²) in [7, 11) is -1.62. The molecule has 1 unspecified atom stereocenters. The van der Waals surface area contributed by atoms with Gasteiger partial charge in [-0.1, -0.05) is 50.2 Å². The fourth-order valence-electron chi connectivity index (χ4n) is 3.61. The zero-order chi connectivity index (χ0) is 24.8. The lowest BCUT2D eigenvalue weighted by Gasteiger charge is -2.26. The standard InChI is InChI=1S/C24H30N2O4S.C2H6/c1-24(2,3)30-23(27)25(4)15-14-21(18-9-7-6-8-10-18)19-11-12-22-20(17-19)13-16-26(22)31(5,28)29;1-2/h6-13,16-17,21H,14-15H2,1-5H3;1-2H3. The third kappa shape index (κ3) is 7.09. The number of carbonyl (C=O) groups excluding carboxylic acids is 1. The molecule has 0 aliphatic carbocycles. The van der Waals surface area contributed by atoms with Gasteiger partial charge in [0.25, 0.3) is 0 Å². The molecule has 7 heteroatoms. The summed E-state index contributed by atoms with van der Waals surface area (Å²) >= 11 is 0. The van der Waals surface area contributed by atoms with E-state index in [1.54, 1.807) is 18.1 Å². The molecular weight excluding hydrogens is 436 g/mol. The summed E-state index contributed by atoms with van der Waals surface area (Å²) < 4.78 is 30.8. The molecule has 180 valence electrons. The molecule has 0 radical (unpaired) electrons. The van der Waals surface area contributed by atoms with Crippen LogP contribution in [0.2, 0.25) is 0 Å². The number of hydrogen-bond donors (Lipinski definition) is 0. The van der Waals surface area contributed by atoms with Crippen LogP contribution in [0, 0.1) is 0 Å². The molecule has 3 rings (SSSR count). The summed E-state index contributed by atoms with van der Waals surface area (Å²) in [4.78, 5) is 14.0. The predicted molar refractivity (Wildman–Crippen MR) is 135 cm³/mol. The van der Waals surface area contributed by atoms with E-state index in [1.807, 2.05) is 77.1 Å². The fourth-order valence-corrected chi connectivity index (χ4v) is 4.41. The van der Waals surface area contributed by atoms with E-state index < -0.39 is 15.6 Å².